The summed E-state index contributed by atoms with van der Waals surface area (Å²) >= 11 is 0. The van der Waals surface area contributed by atoms with Gasteiger partial charge >= 0.3 is 6.09 Å². The first-order valence-corrected chi connectivity index (χ1v) is 7.49. The molecule has 0 spiro atoms. The van der Waals surface area contributed by atoms with E-state index in [2.05, 4.69) is 0 Å². The smallest absolute Gasteiger partial charge is 0.410 e. The number of hydrogen-bond acceptors (Lipinski definition) is 5. The van der Waals surface area contributed by atoms with Crippen molar-refractivity contribution in [1.29, 1.82) is 0 Å². The SMILES string of the molecule is COc1ccc(C(=O)C2CN(C(=O)OC(C)(C)C)C2)cc1OC. The molecule has 0 radical (unpaired) electrons. The van der Waals surface area contributed by atoms with Gasteiger partial charge in [0.05, 0.1) is 20.1 Å². The van der Waals surface area contributed by atoms with Gasteiger partial charge in [-0.3, -0.25) is 4.79 Å². The lowest BCUT2D eigenvalue weighted by atomic mass is 9.91. The van der Waals surface area contributed by atoms with Crippen LogP contribution >= 0.6 is 0 Å². The summed E-state index contributed by atoms with van der Waals surface area (Å²) in [4.78, 5) is 25.9. The summed E-state index contributed by atoms with van der Waals surface area (Å²) in [5.41, 5.74) is 0.0201. The highest BCUT2D eigenvalue weighted by Gasteiger charge is 2.38. The van der Waals surface area contributed by atoms with Gasteiger partial charge in [-0.15, -0.1) is 0 Å². The van der Waals surface area contributed by atoms with Crippen molar-refractivity contribution < 1.29 is 23.8 Å². The average Bonchev–Trinajstić information content (AvgIpc) is 2.42. The normalized spacial score (nSPS) is 14.9. The topological polar surface area (TPSA) is 65.1 Å². The Labute approximate surface area is 136 Å². The summed E-state index contributed by atoms with van der Waals surface area (Å²) in [6.07, 6.45) is -0.381. The van der Waals surface area contributed by atoms with Crippen molar-refractivity contribution in [2.24, 2.45) is 5.92 Å². The standard InChI is InChI=1S/C17H23NO5/c1-17(2,3)23-16(20)18-9-12(10-18)15(19)11-6-7-13(21-4)14(8-11)22-5/h6-8,12H,9-10H2,1-5H3. The van der Waals surface area contributed by atoms with E-state index >= 15 is 0 Å². The van der Waals surface area contributed by atoms with Crippen molar-refractivity contribution in [3.8, 4) is 11.5 Å². The Morgan fingerprint density at radius 2 is 1.70 bits per heavy atom. The first kappa shape index (κ1) is 17.1. The molecular weight excluding hydrogens is 298 g/mol. The molecule has 1 aliphatic heterocycles. The van der Waals surface area contributed by atoms with Crippen LogP contribution in [0, 0.1) is 5.92 Å². The predicted molar refractivity (Wildman–Crippen MR) is 85.2 cm³/mol. The van der Waals surface area contributed by atoms with Crippen LogP contribution in [0.1, 0.15) is 31.1 Å². The molecule has 0 bridgehead atoms. The average molecular weight is 321 g/mol. The lowest BCUT2D eigenvalue weighted by Gasteiger charge is -2.38. The van der Waals surface area contributed by atoms with Crippen LogP contribution < -0.4 is 9.47 Å². The van der Waals surface area contributed by atoms with Gasteiger partial charge in [-0.05, 0) is 39.0 Å². The third kappa shape index (κ3) is 3.94. The Bertz CT molecular complexity index is 599. The molecule has 1 aliphatic rings. The van der Waals surface area contributed by atoms with Crippen molar-refractivity contribution in [2.75, 3.05) is 27.3 Å². The van der Waals surface area contributed by atoms with Crippen LogP contribution in [0.15, 0.2) is 18.2 Å². The molecule has 0 N–H and O–H groups in total. The highest BCUT2D eigenvalue weighted by atomic mass is 16.6. The van der Waals surface area contributed by atoms with Crippen LogP contribution in [0.5, 0.6) is 11.5 Å². The zero-order valence-electron chi connectivity index (χ0n) is 14.2. The lowest BCUT2D eigenvalue weighted by Crippen LogP contribution is -2.54. The maximum Gasteiger partial charge on any atom is 0.410 e. The molecule has 126 valence electrons. The highest BCUT2D eigenvalue weighted by molar-refractivity contribution is 5.99. The minimum absolute atomic E-state index is 0.00855. The first-order chi connectivity index (χ1) is 10.7. The summed E-state index contributed by atoms with van der Waals surface area (Å²) in [6, 6.07) is 5.08. The minimum atomic E-state index is -0.532. The second-order valence-corrected chi connectivity index (χ2v) is 6.52. The fourth-order valence-corrected chi connectivity index (χ4v) is 2.35. The van der Waals surface area contributed by atoms with Crippen molar-refractivity contribution in [3.63, 3.8) is 0 Å². The van der Waals surface area contributed by atoms with Gasteiger partial charge in [0.2, 0.25) is 0 Å². The number of nitrogens with zero attached hydrogens (tertiary/aromatic N) is 1. The predicted octanol–water partition coefficient (Wildman–Crippen LogP) is 2.75. The van der Waals surface area contributed by atoms with Crippen LogP contribution in [0.2, 0.25) is 0 Å². The minimum Gasteiger partial charge on any atom is -0.493 e. The van der Waals surface area contributed by atoms with E-state index in [4.69, 9.17) is 14.2 Å². The van der Waals surface area contributed by atoms with Gasteiger partial charge < -0.3 is 19.1 Å². The maximum atomic E-state index is 12.5. The number of rotatable bonds is 4. The zero-order chi connectivity index (χ0) is 17.2. The lowest BCUT2D eigenvalue weighted by molar-refractivity contribution is 0.00148. The van der Waals surface area contributed by atoms with Crippen LogP contribution in [-0.2, 0) is 4.74 Å². The number of benzene rings is 1. The van der Waals surface area contributed by atoms with Crippen molar-refractivity contribution in [1.82, 2.24) is 4.90 Å². The third-order valence-electron chi connectivity index (χ3n) is 3.57. The van der Waals surface area contributed by atoms with E-state index in [9.17, 15) is 9.59 Å². The number of methoxy groups -OCH3 is 2. The molecule has 0 aromatic heterocycles. The fraction of sp³-hybridized carbons (Fsp3) is 0.529. The summed E-state index contributed by atoms with van der Waals surface area (Å²) < 4.78 is 15.7. The molecule has 0 aliphatic carbocycles. The molecular formula is C17H23NO5. The monoisotopic (exact) mass is 321 g/mol. The Hall–Kier alpha value is -2.24. The van der Waals surface area contributed by atoms with Crippen molar-refractivity contribution in [3.05, 3.63) is 23.8 Å². The maximum absolute atomic E-state index is 12.5. The van der Waals surface area contributed by atoms with Gasteiger partial charge in [-0.1, -0.05) is 0 Å². The molecule has 0 unspecified atom stereocenters. The quantitative estimate of drug-likeness (QED) is 0.798. The molecule has 23 heavy (non-hydrogen) atoms. The molecule has 1 amide bonds. The van der Waals surface area contributed by atoms with Gasteiger partial charge in [-0.2, -0.15) is 0 Å². The van der Waals surface area contributed by atoms with E-state index in [1.807, 2.05) is 20.8 Å². The molecule has 1 fully saturated rings. The van der Waals surface area contributed by atoms with Crippen molar-refractivity contribution in [2.45, 2.75) is 26.4 Å². The Balaban J connectivity index is 1.98. The van der Waals surface area contributed by atoms with Gasteiger partial charge in [-0.25, -0.2) is 4.79 Å². The van der Waals surface area contributed by atoms with Gasteiger partial charge in [0, 0.05) is 18.7 Å². The van der Waals surface area contributed by atoms with E-state index in [1.165, 1.54) is 12.0 Å². The van der Waals surface area contributed by atoms with Crippen LogP contribution in [0.25, 0.3) is 0 Å². The Kier molecular flexibility index (Phi) is 4.82. The number of likely N-dealkylation sites (tertiary alicyclic amines) is 1. The number of ketones is 1. The summed E-state index contributed by atoms with van der Waals surface area (Å²) in [7, 11) is 3.07. The zero-order valence-corrected chi connectivity index (χ0v) is 14.2. The Morgan fingerprint density at radius 3 is 2.22 bits per heavy atom. The molecule has 1 aromatic rings. The number of ether oxygens (including phenoxy) is 3. The third-order valence-corrected chi connectivity index (χ3v) is 3.57. The molecule has 1 heterocycles. The molecule has 2 rings (SSSR count). The highest BCUT2D eigenvalue weighted by Crippen LogP contribution is 2.30. The second kappa shape index (κ2) is 6.48. The van der Waals surface area contributed by atoms with E-state index in [-0.39, 0.29) is 17.8 Å². The van der Waals surface area contributed by atoms with E-state index < -0.39 is 5.60 Å². The van der Waals surface area contributed by atoms with Crippen molar-refractivity contribution >= 4 is 11.9 Å². The summed E-state index contributed by atoms with van der Waals surface area (Å²) in [5, 5.41) is 0. The molecule has 6 heteroatoms. The molecule has 1 aromatic carbocycles. The van der Waals surface area contributed by atoms with E-state index in [0.29, 0.717) is 30.2 Å². The fourth-order valence-electron chi connectivity index (χ4n) is 2.35. The van der Waals surface area contributed by atoms with Crippen LogP contribution in [0.3, 0.4) is 0 Å². The van der Waals surface area contributed by atoms with Gasteiger partial charge in [0.15, 0.2) is 17.3 Å². The second-order valence-electron chi connectivity index (χ2n) is 6.52. The molecule has 0 saturated carbocycles. The van der Waals surface area contributed by atoms with E-state index in [1.54, 1.807) is 25.3 Å². The largest absolute Gasteiger partial charge is 0.493 e. The number of amides is 1. The summed E-state index contributed by atoms with van der Waals surface area (Å²) in [6.45, 7) is 6.20. The van der Waals surface area contributed by atoms with Crippen LogP contribution in [0.4, 0.5) is 4.79 Å². The first-order valence-electron chi connectivity index (χ1n) is 7.49. The number of Topliss-reactive ketones (excluding diaryl/α,β-unsaturated/α-hetero) is 1. The van der Waals surface area contributed by atoms with Crippen LogP contribution in [-0.4, -0.2) is 49.7 Å². The van der Waals surface area contributed by atoms with E-state index in [0.717, 1.165) is 0 Å². The number of carbonyl (C=O) groups excluding carboxylic acids is 2. The molecule has 0 atom stereocenters. The molecule has 1 saturated heterocycles. The molecule has 6 nitrogen and oxygen atoms in total. The van der Waals surface area contributed by atoms with Gasteiger partial charge in [0.25, 0.3) is 0 Å². The summed E-state index contributed by atoms with van der Waals surface area (Å²) in [5.74, 6) is 0.876. The number of carbonyl (C=O) groups is 2. The van der Waals surface area contributed by atoms with Gasteiger partial charge in [0.1, 0.15) is 5.60 Å². The Morgan fingerprint density at radius 1 is 1.09 bits per heavy atom. The number of hydrogen-bond donors (Lipinski definition) is 0.